The number of aromatic nitrogens is 1. The maximum Gasteiger partial charge on any atom is 0.216 e. The van der Waals surface area contributed by atoms with Gasteiger partial charge < -0.3 is 4.42 Å². The number of hydrogen-bond acceptors (Lipinski definition) is 2. The first-order chi connectivity index (χ1) is 17.9. The number of fused-ring (bicyclic) bond motifs is 3. The minimum Gasteiger partial charge on any atom is -0.454 e. The van der Waals surface area contributed by atoms with Crippen molar-refractivity contribution in [2.75, 3.05) is 0 Å². The Hall–Kier alpha value is -3.90. The Morgan fingerprint density at radius 1 is 0.879 bits per heavy atom. The molecule has 0 saturated carbocycles. The number of nitriles is 1. The maximum absolute atomic E-state index is 10.1. The van der Waals surface area contributed by atoms with Gasteiger partial charge in [0.1, 0.15) is 18.2 Å². The Morgan fingerprint density at radius 3 is 2.30 bits per heavy atom. The van der Waals surface area contributed by atoms with E-state index in [1.54, 1.807) is 13.0 Å². The molecule has 3 aromatic carbocycles. The lowest BCUT2D eigenvalue weighted by atomic mass is 9.93. The average Bonchev–Trinajstić information content (AvgIpc) is 3.27. The normalized spacial score (nSPS) is 13.4. The van der Waals surface area contributed by atoms with Crippen molar-refractivity contribution in [3.05, 3.63) is 88.0 Å². The third kappa shape index (κ3) is 3.06. The molecular formula is C30H27N2O+. The summed E-state index contributed by atoms with van der Waals surface area (Å²) in [7, 11) is 2.01. The lowest BCUT2D eigenvalue weighted by molar-refractivity contribution is -0.667. The molecule has 3 heteroatoms. The molecule has 0 atom stereocenters. The Labute approximate surface area is 201 Å². The molecule has 162 valence electrons. The van der Waals surface area contributed by atoms with Crippen LogP contribution in [-0.2, 0) is 7.05 Å². The third-order valence-electron chi connectivity index (χ3n) is 6.80. The van der Waals surface area contributed by atoms with Crippen molar-refractivity contribution in [2.24, 2.45) is 7.05 Å². The summed E-state index contributed by atoms with van der Waals surface area (Å²) >= 11 is 0. The molecule has 2 aromatic heterocycles. The SMILES string of the molecule is [2H]c1c([2H])c([2H])c(-c2c(C)cc(C#N)c3c2oc2c(-c4cc(C)c(C)c(C)[n+]4C)c(C)ccc23)c([2H])c1[2H]. The zero-order valence-corrected chi connectivity index (χ0v) is 19.6. The summed E-state index contributed by atoms with van der Waals surface area (Å²) in [5.41, 5.74) is 8.72. The van der Waals surface area contributed by atoms with Gasteiger partial charge in [0.2, 0.25) is 5.69 Å². The molecule has 0 aliphatic carbocycles. The standard InChI is InChI=1S/C30H27N2O/c1-17-12-13-24-28-23(16-31)14-19(3)26(22-10-8-7-9-11-22)30(28)33-29(24)27(17)25-15-18(2)20(4)21(5)32(25)6/h7-15H,1-6H3/q+1/i7D,8D,9D,10D,11D. The molecule has 0 aliphatic rings. The number of furan rings is 1. The molecule has 0 aliphatic heterocycles. The minimum atomic E-state index is -0.452. The number of aryl methyl sites for hydroxylation is 3. The molecule has 0 saturated heterocycles. The van der Waals surface area contributed by atoms with E-state index in [0.29, 0.717) is 33.2 Å². The number of nitrogens with zero attached hydrogens (tertiary/aromatic N) is 2. The molecule has 5 aromatic rings. The zero-order valence-electron chi connectivity index (χ0n) is 24.6. The van der Waals surface area contributed by atoms with Crippen LogP contribution in [-0.4, -0.2) is 0 Å². The van der Waals surface area contributed by atoms with Crippen molar-refractivity contribution in [3.8, 4) is 28.5 Å². The monoisotopic (exact) mass is 436 g/mol. The molecule has 0 bridgehead atoms. The lowest BCUT2D eigenvalue weighted by Crippen LogP contribution is -2.36. The average molecular weight is 437 g/mol. The van der Waals surface area contributed by atoms with Gasteiger partial charge in [-0.3, -0.25) is 0 Å². The molecule has 3 nitrogen and oxygen atoms in total. The highest BCUT2D eigenvalue weighted by atomic mass is 16.3. The molecule has 0 N–H and O–H groups in total. The highest BCUT2D eigenvalue weighted by Gasteiger charge is 2.26. The van der Waals surface area contributed by atoms with E-state index in [1.165, 1.54) is 5.56 Å². The molecule has 0 radical (unpaired) electrons. The Bertz CT molecular complexity index is 1870. The van der Waals surface area contributed by atoms with Gasteiger partial charge in [-0.05, 0) is 56.0 Å². The molecule has 0 unspecified atom stereocenters. The van der Waals surface area contributed by atoms with Gasteiger partial charge >= 0.3 is 0 Å². The molecule has 33 heavy (non-hydrogen) atoms. The van der Waals surface area contributed by atoms with Crippen molar-refractivity contribution in [2.45, 2.75) is 34.6 Å². The molecule has 0 amide bonds. The number of rotatable bonds is 2. The van der Waals surface area contributed by atoms with Crippen LogP contribution >= 0.6 is 0 Å². The largest absolute Gasteiger partial charge is 0.454 e. The fourth-order valence-corrected chi connectivity index (χ4v) is 4.70. The van der Waals surface area contributed by atoms with E-state index in [9.17, 15) is 5.26 Å². The Balaban J connectivity index is 2.01. The maximum atomic E-state index is 10.1. The molecular weight excluding hydrogens is 404 g/mol. The summed E-state index contributed by atoms with van der Waals surface area (Å²) in [6, 6.07) is 8.14. The predicted molar refractivity (Wildman–Crippen MR) is 134 cm³/mol. The number of benzene rings is 3. The summed E-state index contributed by atoms with van der Waals surface area (Å²) < 4.78 is 50.4. The lowest BCUT2D eigenvalue weighted by Gasteiger charge is -2.10. The molecule has 0 fully saturated rings. The summed E-state index contributed by atoms with van der Waals surface area (Å²) in [4.78, 5) is 0. The highest BCUT2D eigenvalue weighted by molar-refractivity contribution is 6.15. The van der Waals surface area contributed by atoms with Crippen molar-refractivity contribution < 1.29 is 15.8 Å². The number of hydrogen-bond donors (Lipinski definition) is 0. The van der Waals surface area contributed by atoms with Gasteiger partial charge in [-0.15, -0.1) is 0 Å². The van der Waals surface area contributed by atoms with Crippen molar-refractivity contribution in [1.82, 2.24) is 0 Å². The molecule has 5 rings (SSSR count). The Kier molecular flexibility index (Phi) is 3.65. The second-order valence-electron chi connectivity index (χ2n) is 8.65. The van der Waals surface area contributed by atoms with Crippen molar-refractivity contribution >= 4 is 21.9 Å². The van der Waals surface area contributed by atoms with Crippen LogP contribution in [0.4, 0.5) is 0 Å². The fraction of sp³-hybridized carbons (Fsp3) is 0.200. The summed E-state index contributed by atoms with van der Waals surface area (Å²) in [6.45, 7) is 10.0. The van der Waals surface area contributed by atoms with E-state index in [1.807, 2.05) is 26.1 Å². The summed E-state index contributed by atoms with van der Waals surface area (Å²) in [5, 5.41) is 11.4. The number of pyridine rings is 1. The van der Waals surface area contributed by atoms with Gasteiger partial charge in [-0.1, -0.05) is 42.3 Å². The molecule has 0 spiro atoms. The second kappa shape index (κ2) is 7.60. The topological polar surface area (TPSA) is 40.8 Å². The van der Waals surface area contributed by atoms with Crippen LogP contribution in [0.3, 0.4) is 0 Å². The van der Waals surface area contributed by atoms with Gasteiger partial charge in [-0.25, -0.2) is 0 Å². The quantitative estimate of drug-likeness (QED) is 0.276. The van der Waals surface area contributed by atoms with Crippen LogP contribution < -0.4 is 4.57 Å². The first kappa shape index (κ1) is 15.8. The van der Waals surface area contributed by atoms with Crippen LogP contribution in [0.1, 0.15) is 40.4 Å². The van der Waals surface area contributed by atoms with Crippen LogP contribution in [0.15, 0.2) is 58.9 Å². The smallest absolute Gasteiger partial charge is 0.216 e. The van der Waals surface area contributed by atoms with Crippen LogP contribution in [0, 0.1) is 45.9 Å². The van der Waals surface area contributed by atoms with Crippen molar-refractivity contribution in [3.63, 3.8) is 0 Å². The first-order valence-corrected chi connectivity index (χ1v) is 10.8. The van der Waals surface area contributed by atoms with E-state index in [-0.39, 0.29) is 17.6 Å². The highest BCUT2D eigenvalue weighted by Crippen LogP contribution is 2.43. The minimum absolute atomic E-state index is 0.0629. The summed E-state index contributed by atoms with van der Waals surface area (Å²) in [6.07, 6.45) is 0. The Morgan fingerprint density at radius 2 is 1.61 bits per heavy atom. The second-order valence-corrected chi connectivity index (χ2v) is 8.65. The fourth-order valence-electron chi connectivity index (χ4n) is 4.70. The van der Waals surface area contributed by atoms with Gasteiger partial charge in [0, 0.05) is 34.9 Å². The first-order valence-electron chi connectivity index (χ1n) is 13.3. The van der Waals surface area contributed by atoms with Crippen LogP contribution in [0.2, 0.25) is 0 Å². The van der Waals surface area contributed by atoms with Gasteiger partial charge in [0.05, 0.1) is 24.0 Å². The van der Waals surface area contributed by atoms with Gasteiger partial charge in [0.15, 0.2) is 5.69 Å². The van der Waals surface area contributed by atoms with E-state index in [4.69, 9.17) is 11.3 Å². The van der Waals surface area contributed by atoms with E-state index < -0.39 is 18.1 Å². The zero-order chi connectivity index (χ0) is 27.8. The van der Waals surface area contributed by atoms with Gasteiger partial charge in [0.25, 0.3) is 0 Å². The van der Waals surface area contributed by atoms with Gasteiger partial charge in [-0.2, -0.15) is 9.83 Å². The predicted octanol–water partition coefficient (Wildman–Crippen LogP) is 7.16. The van der Waals surface area contributed by atoms with Crippen LogP contribution in [0.5, 0.6) is 0 Å². The van der Waals surface area contributed by atoms with E-state index >= 15 is 0 Å². The van der Waals surface area contributed by atoms with E-state index in [0.717, 1.165) is 33.5 Å². The third-order valence-corrected chi connectivity index (χ3v) is 6.80. The summed E-state index contributed by atoms with van der Waals surface area (Å²) in [5.74, 6) is 0. The van der Waals surface area contributed by atoms with E-state index in [2.05, 4.69) is 37.5 Å². The van der Waals surface area contributed by atoms with Crippen LogP contribution in [0.25, 0.3) is 44.3 Å². The van der Waals surface area contributed by atoms with Crippen molar-refractivity contribution in [1.29, 1.82) is 5.26 Å². The molecule has 2 heterocycles.